The Morgan fingerprint density at radius 2 is 1.97 bits per heavy atom. The van der Waals surface area contributed by atoms with Gasteiger partial charge in [-0.1, -0.05) is 16.8 Å². The molecule has 0 aliphatic carbocycles. The van der Waals surface area contributed by atoms with Gasteiger partial charge in [-0.2, -0.15) is 4.98 Å². The Kier molecular flexibility index (Phi) is 7.05. The van der Waals surface area contributed by atoms with Crippen LogP contribution in [0.1, 0.15) is 32.6 Å². The number of amides is 1. The van der Waals surface area contributed by atoms with E-state index in [0.29, 0.717) is 35.3 Å². The lowest BCUT2D eigenvalue weighted by atomic mass is 10.1. The zero-order valence-corrected chi connectivity index (χ0v) is 17.8. The molecule has 0 fully saturated rings. The first-order valence-corrected chi connectivity index (χ1v) is 10.0. The molecule has 1 amide bonds. The van der Waals surface area contributed by atoms with Crippen molar-refractivity contribution in [1.82, 2.24) is 10.1 Å². The molecule has 6 nitrogen and oxygen atoms in total. The summed E-state index contributed by atoms with van der Waals surface area (Å²) in [7, 11) is 1.40. The molecule has 0 saturated heterocycles. The van der Waals surface area contributed by atoms with Crippen LogP contribution in [0.3, 0.4) is 0 Å². The Morgan fingerprint density at radius 1 is 1.23 bits per heavy atom. The molecule has 0 saturated carbocycles. The maximum Gasteiger partial charge on any atom is 0.227 e. The summed E-state index contributed by atoms with van der Waals surface area (Å²) in [5, 5.41) is 4.60. The average molecular weight is 432 g/mol. The number of hydrogen-bond acceptors (Lipinski definition) is 5. The minimum Gasteiger partial charge on any atom is -0.494 e. The number of benzene rings is 2. The van der Waals surface area contributed by atoms with Gasteiger partial charge in [0.2, 0.25) is 17.6 Å². The molecular formula is C22H23ClFN3O3. The smallest absolute Gasteiger partial charge is 0.227 e. The van der Waals surface area contributed by atoms with Crippen molar-refractivity contribution in [3.8, 4) is 17.1 Å². The number of carbonyl (C=O) groups excluding carboxylic acids is 1. The van der Waals surface area contributed by atoms with Crippen LogP contribution in [-0.4, -0.2) is 29.2 Å². The Morgan fingerprint density at radius 3 is 2.60 bits per heavy atom. The summed E-state index contributed by atoms with van der Waals surface area (Å²) in [6.07, 6.45) is 1.27. The highest BCUT2D eigenvalue weighted by Crippen LogP contribution is 2.26. The van der Waals surface area contributed by atoms with Gasteiger partial charge in [-0.3, -0.25) is 4.79 Å². The first-order chi connectivity index (χ1) is 14.4. The molecule has 8 heteroatoms. The Hall–Kier alpha value is -2.93. The van der Waals surface area contributed by atoms with Crippen LogP contribution in [0.15, 0.2) is 47.0 Å². The quantitative estimate of drug-likeness (QED) is 0.484. The summed E-state index contributed by atoms with van der Waals surface area (Å²) in [4.78, 5) is 18.7. The van der Waals surface area contributed by atoms with Crippen molar-refractivity contribution >= 4 is 23.2 Å². The minimum absolute atomic E-state index is 0.105. The molecule has 0 unspecified atom stereocenters. The van der Waals surface area contributed by atoms with E-state index < -0.39 is 5.82 Å². The number of aryl methyl sites for hydroxylation is 1. The summed E-state index contributed by atoms with van der Waals surface area (Å²) in [5.74, 6) is 0.466. The third kappa shape index (κ3) is 5.16. The summed E-state index contributed by atoms with van der Waals surface area (Å²) >= 11 is 5.89. The monoisotopic (exact) mass is 431 g/mol. The molecule has 1 aromatic heterocycles. The standard InChI is InChI=1S/C22H23ClFN3O3/c1-14(2)27(17-11-12-19(29-3)18(24)13-17)21(28)6-4-5-20-25-22(26-30-20)15-7-9-16(23)10-8-15/h7-14H,4-6H2,1-3H3. The van der Waals surface area contributed by atoms with Gasteiger partial charge in [0.15, 0.2) is 11.6 Å². The molecular weight excluding hydrogens is 409 g/mol. The first kappa shape index (κ1) is 21.8. The zero-order valence-electron chi connectivity index (χ0n) is 17.1. The Labute approximate surface area is 179 Å². The molecule has 2 aromatic carbocycles. The minimum atomic E-state index is -0.506. The molecule has 0 aliphatic rings. The lowest BCUT2D eigenvalue weighted by Crippen LogP contribution is -2.37. The van der Waals surface area contributed by atoms with Crippen molar-refractivity contribution in [1.29, 1.82) is 0 Å². The number of methoxy groups -OCH3 is 1. The fraction of sp³-hybridized carbons (Fsp3) is 0.318. The van der Waals surface area contributed by atoms with Gasteiger partial charge in [0.25, 0.3) is 0 Å². The van der Waals surface area contributed by atoms with E-state index in [1.165, 1.54) is 19.2 Å². The molecule has 0 bridgehead atoms. The highest BCUT2D eigenvalue weighted by molar-refractivity contribution is 6.30. The van der Waals surface area contributed by atoms with E-state index in [1.54, 1.807) is 23.1 Å². The molecule has 1 heterocycles. The SMILES string of the molecule is COc1ccc(N(C(=O)CCCc2nc(-c3ccc(Cl)cc3)no2)C(C)C)cc1F. The van der Waals surface area contributed by atoms with Crippen molar-refractivity contribution in [2.24, 2.45) is 0 Å². The second-order valence-corrected chi connectivity index (χ2v) is 7.48. The lowest BCUT2D eigenvalue weighted by Gasteiger charge is -2.27. The number of anilines is 1. The highest BCUT2D eigenvalue weighted by atomic mass is 35.5. The van der Waals surface area contributed by atoms with E-state index in [-0.39, 0.29) is 24.1 Å². The van der Waals surface area contributed by atoms with Gasteiger partial charge in [0.05, 0.1) is 7.11 Å². The molecule has 3 aromatic rings. The first-order valence-electron chi connectivity index (χ1n) is 9.63. The van der Waals surface area contributed by atoms with E-state index >= 15 is 0 Å². The van der Waals surface area contributed by atoms with E-state index in [0.717, 1.165) is 5.56 Å². The van der Waals surface area contributed by atoms with Crippen LogP contribution < -0.4 is 9.64 Å². The predicted molar refractivity (Wildman–Crippen MR) is 113 cm³/mol. The van der Waals surface area contributed by atoms with E-state index in [2.05, 4.69) is 10.1 Å². The van der Waals surface area contributed by atoms with Gasteiger partial charge in [-0.05, 0) is 56.7 Å². The maximum atomic E-state index is 14.1. The van der Waals surface area contributed by atoms with Crippen molar-refractivity contribution < 1.29 is 18.4 Å². The average Bonchev–Trinajstić information content (AvgIpc) is 3.17. The molecule has 158 valence electrons. The summed E-state index contributed by atoms with van der Waals surface area (Å²) < 4.78 is 24.3. The number of carbonyl (C=O) groups is 1. The Balaban J connectivity index is 1.61. The van der Waals surface area contributed by atoms with Gasteiger partial charge in [-0.15, -0.1) is 0 Å². The van der Waals surface area contributed by atoms with Gasteiger partial charge in [0.1, 0.15) is 0 Å². The zero-order chi connectivity index (χ0) is 21.7. The van der Waals surface area contributed by atoms with Gasteiger partial charge >= 0.3 is 0 Å². The number of ether oxygens (including phenoxy) is 1. The van der Waals surface area contributed by atoms with Crippen LogP contribution in [0.2, 0.25) is 5.02 Å². The second-order valence-electron chi connectivity index (χ2n) is 7.05. The van der Waals surface area contributed by atoms with E-state index in [4.69, 9.17) is 20.9 Å². The summed E-state index contributed by atoms with van der Waals surface area (Å²) in [5.41, 5.74) is 1.30. The fourth-order valence-electron chi connectivity index (χ4n) is 3.12. The number of nitrogens with zero attached hydrogens (tertiary/aromatic N) is 3. The van der Waals surface area contributed by atoms with Gasteiger partial charge in [-0.25, -0.2) is 4.39 Å². The largest absolute Gasteiger partial charge is 0.494 e. The van der Waals surface area contributed by atoms with E-state index in [1.807, 2.05) is 26.0 Å². The van der Waals surface area contributed by atoms with Crippen LogP contribution in [0.4, 0.5) is 10.1 Å². The van der Waals surface area contributed by atoms with Crippen LogP contribution in [0.25, 0.3) is 11.4 Å². The molecule has 0 N–H and O–H groups in total. The number of halogens is 2. The molecule has 30 heavy (non-hydrogen) atoms. The van der Waals surface area contributed by atoms with Crippen LogP contribution in [0.5, 0.6) is 5.75 Å². The number of aromatic nitrogens is 2. The Bertz CT molecular complexity index is 1010. The van der Waals surface area contributed by atoms with Gasteiger partial charge < -0.3 is 14.2 Å². The third-order valence-corrected chi connectivity index (χ3v) is 4.80. The molecule has 0 aliphatic heterocycles. The van der Waals surface area contributed by atoms with E-state index in [9.17, 15) is 9.18 Å². The van der Waals surface area contributed by atoms with Crippen LogP contribution >= 0.6 is 11.6 Å². The topological polar surface area (TPSA) is 68.5 Å². The van der Waals surface area contributed by atoms with Crippen LogP contribution in [-0.2, 0) is 11.2 Å². The normalized spacial score (nSPS) is 11.0. The summed E-state index contributed by atoms with van der Waals surface area (Å²) in [6, 6.07) is 11.5. The number of rotatable bonds is 8. The number of hydrogen-bond donors (Lipinski definition) is 0. The second kappa shape index (κ2) is 9.71. The van der Waals surface area contributed by atoms with Crippen molar-refractivity contribution in [2.45, 2.75) is 39.2 Å². The molecule has 0 atom stereocenters. The fourth-order valence-corrected chi connectivity index (χ4v) is 3.25. The summed E-state index contributed by atoms with van der Waals surface area (Å²) in [6.45, 7) is 3.77. The molecule has 0 spiro atoms. The van der Waals surface area contributed by atoms with Crippen LogP contribution in [0, 0.1) is 5.82 Å². The highest BCUT2D eigenvalue weighted by Gasteiger charge is 2.20. The van der Waals surface area contributed by atoms with Crippen molar-refractivity contribution in [3.63, 3.8) is 0 Å². The molecule has 3 rings (SSSR count). The lowest BCUT2D eigenvalue weighted by molar-refractivity contribution is -0.119. The molecule has 0 radical (unpaired) electrons. The van der Waals surface area contributed by atoms with Crippen molar-refractivity contribution in [2.75, 3.05) is 12.0 Å². The maximum absolute atomic E-state index is 14.1. The van der Waals surface area contributed by atoms with Crippen molar-refractivity contribution in [3.05, 3.63) is 59.2 Å². The third-order valence-electron chi connectivity index (χ3n) is 4.55. The van der Waals surface area contributed by atoms with Gasteiger partial charge in [0, 0.05) is 41.2 Å². The predicted octanol–water partition coefficient (Wildman–Crippen LogP) is 5.30.